The van der Waals surface area contributed by atoms with Gasteiger partial charge in [-0.3, -0.25) is 0 Å². The Kier molecular flexibility index (Phi) is 10.4. The van der Waals surface area contributed by atoms with Crippen LogP contribution >= 0.6 is 8.15 Å². The Labute approximate surface area is 160 Å². The first-order chi connectivity index (χ1) is 12.8. The van der Waals surface area contributed by atoms with Gasteiger partial charge in [-0.05, 0) is 24.1 Å². The molecule has 3 heteroatoms. The Morgan fingerprint density at radius 1 is 0.769 bits per heavy atom. The van der Waals surface area contributed by atoms with E-state index < -0.39 is 8.15 Å². The predicted octanol–water partition coefficient (Wildman–Crippen LogP) is 6.68. The summed E-state index contributed by atoms with van der Waals surface area (Å²) >= 11 is 0. The minimum Gasteiger partial charge on any atom is -0.497 e. The minimum atomic E-state index is -0.617. The number of methoxy groups -OCH3 is 1. The van der Waals surface area contributed by atoms with E-state index in [0.29, 0.717) is 0 Å². The molecular weight excluding hydrogens is 339 g/mol. The Bertz CT molecular complexity index is 583. The fourth-order valence-corrected chi connectivity index (χ4v) is 4.76. The topological polar surface area (TPSA) is 18.5 Å². The lowest BCUT2D eigenvalue weighted by Crippen LogP contribution is -2.06. The average Bonchev–Trinajstić information content (AvgIpc) is 2.70. The Hall–Kier alpha value is -1.37. The third kappa shape index (κ3) is 7.89. The van der Waals surface area contributed by atoms with Gasteiger partial charge in [0.2, 0.25) is 0 Å². The molecule has 2 aromatic rings. The van der Waals surface area contributed by atoms with E-state index >= 15 is 0 Å². The van der Waals surface area contributed by atoms with Crippen molar-refractivity contribution < 1.29 is 9.26 Å². The fraction of sp³-hybridized carbons (Fsp3) is 0.478. The van der Waals surface area contributed by atoms with Crippen LogP contribution in [0.1, 0.15) is 57.4 Å². The highest BCUT2D eigenvalue weighted by molar-refractivity contribution is 7.60. The lowest BCUT2D eigenvalue weighted by molar-refractivity contribution is 0.338. The summed E-state index contributed by atoms with van der Waals surface area (Å²) in [6.45, 7) is 3.13. The third-order valence-electron chi connectivity index (χ3n) is 4.52. The van der Waals surface area contributed by atoms with Crippen LogP contribution in [0.25, 0.3) is 0 Å². The standard InChI is InChI=1S/C23H33O2P/c1-3-4-5-6-7-8-12-19-25-26(23-13-10-9-11-14-23)20-21-15-17-22(24-2)18-16-21/h9-11,13-18H,3-8,12,19-20H2,1-2H3. The Balaban J connectivity index is 1.82. The molecule has 2 aromatic carbocycles. The van der Waals surface area contributed by atoms with Crippen molar-refractivity contribution in [1.82, 2.24) is 0 Å². The molecule has 1 unspecified atom stereocenters. The van der Waals surface area contributed by atoms with Crippen molar-refractivity contribution in [2.24, 2.45) is 0 Å². The first-order valence-electron chi connectivity index (χ1n) is 9.92. The van der Waals surface area contributed by atoms with Crippen LogP contribution in [-0.2, 0) is 10.7 Å². The smallest absolute Gasteiger partial charge is 0.118 e. The maximum atomic E-state index is 6.35. The van der Waals surface area contributed by atoms with E-state index in [1.165, 1.54) is 55.8 Å². The highest BCUT2D eigenvalue weighted by Crippen LogP contribution is 2.40. The second-order valence-electron chi connectivity index (χ2n) is 6.67. The molecule has 0 amide bonds. The normalized spacial score (nSPS) is 12.1. The van der Waals surface area contributed by atoms with Gasteiger partial charge in [0.1, 0.15) is 5.75 Å². The van der Waals surface area contributed by atoms with Gasteiger partial charge in [0.25, 0.3) is 0 Å². The maximum Gasteiger partial charge on any atom is 0.118 e. The minimum absolute atomic E-state index is 0.617. The summed E-state index contributed by atoms with van der Waals surface area (Å²) in [6, 6.07) is 19.0. The van der Waals surface area contributed by atoms with Gasteiger partial charge >= 0.3 is 0 Å². The molecule has 0 aliphatic rings. The molecule has 0 aromatic heterocycles. The highest BCUT2D eigenvalue weighted by atomic mass is 31.1. The monoisotopic (exact) mass is 372 g/mol. The van der Waals surface area contributed by atoms with E-state index in [2.05, 4.69) is 49.4 Å². The highest BCUT2D eigenvalue weighted by Gasteiger charge is 2.13. The molecule has 0 saturated carbocycles. The van der Waals surface area contributed by atoms with Crippen LogP contribution < -0.4 is 10.0 Å². The van der Waals surface area contributed by atoms with E-state index in [0.717, 1.165) is 18.5 Å². The van der Waals surface area contributed by atoms with Crippen molar-refractivity contribution in [3.8, 4) is 5.75 Å². The summed E-state index contributed by atoms with van der Waals surface area (Å²) in [7, 11) is 1.09. The molecule has 0 N–H and O–H groups in total. The van der Waals surface area contributed by atoms with Crippen LogP contribution in [0.2, 0.25) is 0 Å². The van der Waals surface area contributed by atoms with Gasteiger partial charge < -0.3 is 9.26 Å². The van der Waals surface area contributed by atoms with Gasteiger partial charge in [0.15, 0.2) is 0 Å². The number of rotatable bonds is 13. The average molecular weight is 372 g/mol. The van der Waals surface area contributed by atoms with Crippen molar-refractivity contribution in [3.05, 3.63) is 60.2 Å². The van der Waals surface area contributed by atoms with Crippen LogP contribution in [-0.4, -0.2) is 13.7 Å². The number of ether oxygens (including phenoxy) is 1. The fourth-order valence-electron chi connectivity index (χ4n) is 2.94. The van der Waals surface area contributed by atoms with Crippen molar-refractivity contribution in [3.63, 3.8) is 0 Å². The molecule has 0 aliphatic heterocycles. The molecule has 0 aliphatic carbocycles. The second kappa shape index (κ2) is 12.9. The summed E-state index contributed by atoms with van der Waals surface area (Å²) in [5.74, 6) is 0.904. The third-order valence-corrected chi connectivity index (χ3v) is 6.55. The van der Waals surface area contributed by atoms with E-state index in [9.17, 15) is 0 Å². The zero-order valence-electron chi connectivity index (χ0n) is 16.3. The number of hydrogen-bond donors (Lipinski definition) is 0. The van der Waals surface area contributed by atoms with Crippen LogP contribution in [0.5, 0.6) is 5.75 Å². The molecule has 2 rings (SSSR count). The van der Waals surface area contributed by atoms with Gasteiger partial charge in [0.05, 0.1) is 21.9 Å². The molecular formula is C23H33O2P. The summed E-state index contributed by atoms with van der Waals surface area (Å²) in [6.07, 6.45) is 10.2. The molecule has 0 fully saturated rings. The van der Waals surface area contributed by atoms with Gasteiger partial charge in [0, 0.05) is 11.5 Å². The molecule has 0 bridgehead atoms. The molecule has 142 valence electrons. The molecule has 26 heavy (non-hydrogen) atoms. The summed E-state index contributed by atoms with van der Waals surface area (Å²) in [4.78, 5) is 0. The Morgan fingerprint density at radius 3 is 2.08 bits per heavy atom. The van der Waals surface area contributed by atoms with Crippen LogP contribution in [0.3, 0.4) is 0 Å². The summed E-state index contributed by atoms with van der Waals surface area (Å²) in [5, 5.41) is 1.32. The van der Waals surface area contributed by atoms with E-state index in [-0.39, 0.29) is 0 Å². The van der Waals surface area contributed by atoms with E-state index in [1.807, 2.05) is 12.1 Å². The van der Waals surface area contributed by atoms with Gasteiger partial charge in [-0.2, -0.15) is 0 Å². The predicted molar refractivity (Wildman–Crippen MR) is 114 cm³/mol. The van der Waals surface area contributed by atoms with E-state index in [4.69, 9.17) is 9.26 Å². The van der Waals surface area contributed by atoms with Crippen LogP contribution in [0.15, 0.2) is 54.6 Å². The van der Waals surface area contributed by atoms with Gasteiger partial charge in [-0.15, -0.1) is 0 Å². The van der Waals surface area contributed by atoms with Crippen molar-refractivity contribution in [2.75, 3.05) is 13.7 Å². The zero-order chi connectivity index (χ0) is 18.5. The molecule has 1 atom stereocenters. The first kappa shape index (κ1) is 20.9. The Morgan fingerprint density at radius 2 is 1.42 bits per heavy atom. The molecule has 0 heterocycles. The summed E-state index contributed by atoms with van der Waals surface area (Å²) in [5.41, 5.74) is 1.31. The largest absolute Gasteiger partial charge is 0.497 e. The van der Waals surface area contributed by atoms with Crippen LogP contribution in [0, 0.1) is 0 Å². The number of benzene rings is 2. The first-order valence-corrected chi connectivity index (χ1v) is 11.4. The zero-order valence-corrected chi connectivity index (χ0v) is 17.2. The lowest BCUT2D eigenvalue weighted by Gasteiger charge is -2.18. The molecule has 0 radical (unpaired) electrons. The van der Waals surface area contributed by atoms with Gasteiger partial charge in [-0.25, -0.2) is 0 Å². The van der Waals surface area contributed by atoms with Crippen molar-refractivity contribution in [2.45, 2.75) is 58.0 Å². The SMILES string of the molecule is CCCCCCCCCOP(Cc1ccc(OC)cc1)c1ccccc1. The summed E-state index contributed by atoms with van der Waals surface area (Å²) < 4.78 is 11.6. The number of hydrogen-bond acceptors (Lipinski definition) is 2. The van der Waals surface area contributed by atoms with Gasteiger partial charge in [-0.1, -0.05) is 87.9 Å². The second-order valence-corrected chi connectivity index (χ2v) is 8.52. The quantitative estimate of drug-likeness (QED) is 0.288. The van der Waals surface area contributed by atoms with E-state index in [1.54, 1.807) is 7.11 Å². The molecule has 2 nitrogen and oxygen atoms in total. The maximum absolute atomic E-state index is 6.35. The van der Waals surface area contributed by atoms with Crippen molar-refractivity contribution in [1.29, 1.82) is 0 Å². The number of unbranched alkanes of at least 4 members (excludes halogenated alkanes) is 6. The van der Waals surface area contributed by atoms with Crippen molar-refractivity contribution >= 4 is 13.5 Å². The lowest BCUT2D eigenvalue weighted by atomic mass is 10.1. The van der Waals surface area contributed by atoms with Crippen LogP contribution in [0.4, 0.5) is 0 Å². The molecule has 0 saturated heterocycles. The molecule has 0 spiro atoms.